The average Bonchev–Trinajstić information content (AvgIpc) is 2.44. The van der Waals surface area contributed by atoms with Crippen molar-refractivity contribution >= 4 is 10.1 Å². The van der Waals surface area contributed by atoms with Crippen LogP contribution in [0.5, 0.6) is 0 Å². The first kappa shape index (κ1) is 21.9. The molecule has 4 nitrogen and oxygen atoms in total. The van der Waals surface area contributed by atoms with Crippen molar-refractivity contribution in [1.29, 1.82) is 0 Å². The fourth-order valence-corrected chi connectivity index (χ4v) is 3.70. The zero-order valence-electron chi connectivity index (χ0n) is 14.5. The molecule has 5 heteroatoms. The van der Waals surface area contributed by atoms with Gasteiger partial charge in [-0.2, -0.15) is 8.42 Å². The average molecular weight is 337 g/mol. The molecule has 0 rings (SSSR count). The summed E-state index contributed by atoms with van der Waals surface area (Å²) in [6.07, 6.45) is 13.7. The van der Waals surface area contributed by atoms with Crippen molar-refractivity contribution in [2.45, 2.75) is 109 Å². The Hall–Kier alpha value is -0.130. The third kappa shape index (κ3) is 9.80. The van der Waals surface area contributed by atoms with E-state index in [4.69, 9.17) is 4.55 Å². The van der Waals surface area contributed by atoms with Crippen molar-refractivity contribution in [3.05, 3.63) is 0 Å². The summed E-state index contributed by atoms with van der Waals surface area (Å²) in [5.41, 5.74) is 0. The minimum Gasteiger partial charge on any atom is -0.372 e. The maximum Gasteiger partial charge on any atom is 0.294 e. The van der Waals surface area contributed by atoms with E-state index in [-0.39, 0.29) is 12.8 Å². The van der Waals surface area contributed by atoms with E-state index in [1.54, 1.807) is 6.92 Å². The normalized spacial score (nSPS) is 14.9. The van der Waals surface area contributed by atoms with E-state index in [0.29, 0.717) is 12.8 Å². The number of hydrogen-bond donors (Lipinski definition) is 2. The van der Waals surface area contributed by atoms with E-state index in [1.165, 1.54) is 51.4 Å². The van der Waals surface area contributed by atoms with Gasteiger partial charge in [0.15, 0.2) is 4.93 Å². The zero-order valence-corrected chi connectivity index (χ0v) is 15.3. The summed E-state index contributed by atoms with van der Waals surface area (Å²) in [7, 11) is -4.38. The van der Waals surface area contributed by atoms with E-state index in [1.807, 2.05) is 0 Å². The first-order valence-electron chi connectivity index (χ1n) is 9.06. The Bertz CT molecular complexity index is 354. The van der Waals surface area contributed by atoms with Gasteiger partial charge in [0.05, 0.1) is 0 Å². The molecule has 2 N–H and O–H groups in total. The predicted octanol–water partition coefficient (Wildman–Crippen LogP) is 5.06. The van der Waals surface area contributed by atoms with E-state index in [2.05, 4.69) is 6.92 Å². The first-order chi connectivity index (χ1) is 10.4. The molecule has 0 aromatic rings. The molecule has 1 unspecified atom stereocenters. The second kappa shape index (κ2) is 12.3. The van der Waals surface area contributed by atoms with Crippen LogP contribution in [0.3, 0.4) is 0 Å². The monoisotopic (exact) mass is 336 g/mol. The van der Waals surface area contributed by atoms with Gasteiger partial charge in [-0.15, -0.1) is 0 Å². The van der Waals surface area contributed by atoms with Gasteiger partial charge < -0.3 is 5.11 Å². The number of hydrogen-bond acceptors (Lipinski definition) is 3. The molecule has 0 aromatic carbocycles. The molecular formula is C17H36O4S. The van der Waals surface area contributed by atoms with Crippen molar-refractivity contribution in [3.8, 4) is 0 Å². The molecule has 0 aliphatic heterocycles. The molecule has 1 atom stereocenters. The van der Waals surface area contributed by atoms with Gasteiger partial charge in [-0.1, -0.05) is 84.5 Å². The molecule has 0 amide bonds. The topological polar surface area (TPSA) is 74.6 Å². The highest BCUT2D eigenvalue weighted by atomic mass is 32.2. The molecule has 0 saturated heterocycles. The van der Waals surface area contributed by atoms with Gasteiger partial charge in [-0.25, -0.2) is 0 Å². The highest BCUT2D eigenvalue weighted by Gasteiger charge is 2.38. The van der Waals surface area contributed by atoms with Crippen LogP contribution < -0.4 is 0 Å². The van der Waals surface area contributed by atoms with Gasteiger partial charge in [-0.3, -0.25) is 4.55 Å². The Morgan fingerprint density at radius 2 is 1.09 bits per heavy atom. The molecule has 0 bridgehead atoms. The number of rotatable bonds is 15. The largest absolute Gasteiger partial charge is 0.372 e. The lowest BCUT2D eigenvalue weighted by atomic mass is 10.0. The van der Waals surface area contributed by atoms with Crippen LogP contribution in [0.4, 0.5) is 0 Å². The van der Waals surface area contributed by atoms with Gasteiger partial charge >= 0.3 is 0 Å². The Morgan fingerprint density at radius 3 is 1.45 bits per heavy atom. The Labute approximate surface area is 137 Å². The van der Waals surface area contributed by atoms with Gasteiger partial charge in [0, 0.05) is 0 Å². The summed E-state index contributed by atoms with van der Waals surface area (Å²) in [5.74, 6) is 0. The maximum atomic E-state index is 11.3. The Morgan fingerprint density at radius 1 is 0.682 bits per heavy atom. The van der Waals surface area contributed by atoms with Crippen molar-refractivity contribution in [3.63, 3.8) is 0 Å². The molecule has 134 valence electrons. The van der Waals surface area contributed by atoms with E-state index >= 15 is 0 Å². The van der Waals surface area contributed by atoms with Crippen LogP contribution in [0.1, 0.15) is 104 Å². The van der Waals surface area contributed by atoms with Crippen molar-refractivity contribution in [2.75, 3.05) is 0 Å². The third-order valence-electron chi connectivity index (χ3n) is 4.29. The smallest absolute Gasteiger partial charge is 0.294 e. The number of aliphatic hydroxyl groups is 1. The molecule has 0 saturated carbocycles. The second-order valence-corrected chi connectivity index (χ2v) is 8.17. The maximum absolute atomic E-state index is 11.3. The molecule has 22 heavy (non-hydrogen) atoms. The Kier molecular flexibility index (Phi) is 12.2. The molecule has 0 aliphatic carbocycles. The second-order valence-electron chi connectivity index (χ2n) is 6.46. The predicted molar refractivity (Wildman–Crippen MR) is 92.5 cm³/mol. The van der Waals surface area contributed by atoms with Gasteiger partial charge in [-0.05, 0) is 19.3 Å². The lowest BCUT2D eigenvalue weighted by Crippen LogP contribution is -2.38. The lowest BCUT2D eigenvalue weighted by molar-refractivity contribution is 0.0906. The quantitative estimate of drug-likeness (QED) is 0.323. The lowest BCUT2D eigenvalue weighted by Gasteiger charge is -2.24. The van der Waals surface area contributed by atoms with Gasteiger partial charge in [0.1, 0.15) is 0 Å². The van der Waals surface area contributed by atoms with Crippen LogP contribution in [0.25, 0.3) is 0 Å². The van der Waals surface area contributed by atoms with Crippen LogP contribution in [-0.4, -0.2) is 23.0 Å². The van der Waals surface area contributed by atoms with Gasteiger partial charge in [0.2, 0.25) is 0 Å². The molecule has 0 aromatic heterocycles. The summed E-state index contributed by atoms with van der Waals surface area (Å²) in [5, 5.41) is 10.1. The highest BCUT2D eigenvalue weighted by molar-refractivity contribution is 7.87. The summed E-state index contributed by atoms with van der Waals surface area (Å²) in [4.78, 5) is -1.94. The molecule has 0 aliphatic rings. The van der Waals surface area contributed by atoms with Crippen molar-refractivity contribution in [1.82, 2.24) is 0 Å². The minimum absolute atomic E-state index is 0.101. The third-order valence-corrected chi connectivity index (χ3v) is 5.66. The van der Waals surface area contributed by atoms with Crippen LogP contribution in [0.15, 0.2) is 0 Å². The fourth-order valence-electron chi connectivity index (χ4n) is 2.84. The summed E-state index contributed by atoms with van der Waals surface area (Å²) >= 11 is 0. The SMILES string of the molecule is CCCCCCCCCCCCCC(O)(CCC)S(=O)(=O)O. The standard InChI is InChI=1S/C17H36O4S/c1-3-5-6-7-8-9-10-11-12-13-14-16-17(18,15-4-2)22(19,20)21/h18H,3-16H2,1-2H3,(H,19,20,21). The Balaban J connectivity index is 3.63. The van der Waals surface area contributed by atoms with E-state index in [0.717, 1.165) is 12.8 Å². The van der Waals surface area contributed by atoms with Crippen LogP contribution in [0, 0.1) is 0 Å². The zero-order chi connectivity index (χ0) is 16.9. The minimum atomic E-state index is -4.38. The van der Waals surface area contributed by atoms with Gasteiger partial charge in [0.25, 0.3) is 10.1 Å². The molecule has 0 heterocycles. The fraction of sp³-hybridized carbons (Fsp3) is 1.00. The van der Waals surface area contributed by atoms with Crippen LogP contribution in [0.2, 0.25) is 0 Å². The van der Waals surface area contributed by atoms with E-state index < -0.39 is 15.1 Å². The molecule has 0 radical (unpaired) electrons. The summed E-state index contributed by atoms with van der Waals surface area (Å²) in [6.45, 7) is 4.03. The van der Waals surface area contributed by atoms with Crippen LogP contribution >= 0.6 is 0 Å². The van der Waals surface area contributed by atoms with E-state index in [9.17, 15) is 13.5 Å². The highest BCUT2D eigenvalue weighted by Crippen LogP contribution is 2.26. The number of unbranched alkanes of at least 4 members (excludes halogenated alkanes) is 10. The summed E-state index contributed by atoms with van der Waals surface area (Å²) in [6, 6.07) is 0. The van der Waals surface area contributed by atoms with Crippen molar-refractivity contribution in [2.24, 2.45) is 0 Å². The molecule has 0 spiro atoms. The summed E-state index contributed by atoms with van der Waals surface area (Å²) < 4.78 is 31.7. The molecule has 0 fully saturated rings. The molecular weight excluding hydrogens is 300 g/mol. The first-order valence-corrected chi connectivity index (χ1v) is 10.5. The van der Waals surface area contributed by atoms with Crippen LogP contribution in [-0.2, 0) is 10.1 Å². The van der Waals surface area contributed by atoms with Crippen molar-refractivity contribution < 1.29 is 18.1 Å².